The Hall–Kier alpha value is -3.04. The lowest BCUT2D eigenvalue weighted by atomic mass is 10.2. The van der Waals surface area contributed by atoms with E-state index < -0.39 is 5.91 Å². The summed E-state index contributed by atoms with van der Waals surface area (Å²) in [6, 6.07) is 13.6. The number of fused-ring (bicyclic) bond motifs is 1. The second-order valence-corrected chi connectivity index (χ2v) is 9.27. The third-order valence-corrected chi connectivity index (χ3v) is 6.84. The number of para-hydroxylation sites is 1. The van der Waals surface area contributed by atoms with Crippen LogP contribution in [0.5, 0.6) is 0 Å². The van der Waals surface area contributed by atoms with E-state index in [4.69, 9.17) is 0 Å². The number of aromatic nitrogens is 1. The van der Waals surface area contributed by atoms with Gasteiger partial charge in [-0.25, -0.2) is 9.37 Å². The van der Waals surface area contributed by atoms with Crippen LogP contribution in [0, 0.1) is 5.82 Å². The van der Waals surface area contributed by atoms with Crippen LogP contribution in [0.2, 0.25) is 0 Å². The number of aryl methyl sites for hydroxylation is 1. The summed E-state index contributed by atoms with van der Waals surface area (Å²) in [7, 11) is 0. The molecule has 9 heteroatoms. The van der Waals surface area contributed by atoms with Crippen LogP contribution < -0.4 is 5.32 Å². The SMILES string of the molecule is O=C(CCCc1nc2ccccc2s1)NCCN1C(=O)S/C(=C/c2ccc(F)cc2)C1=O. The van der Waals surface area contributed by atoms with Gasteiger partial charge in [-0.05, 0) is 60.5 Å². The van der Waals surface area contributed by atoms with E-state index in [1.54, 1.807) is 17.4 Å². The maximum atomic E-state index is 13.0. The van der Waals surface area contributed by atoms with Crippen LogP contribution in [0.4, 0.5) is 9.18 Å². The van der Waals surface area contributed by atoms with Gasteiger partial charge in [0.05, 0.1) is 20.1 Å². The first-order valence-corrected chi connectivity index (χ1v) is 11.7. The van der Waals surface area contributed by atoms with Crippen LogP contribution in [0.3, 0.4) is 0 Å². The van der Waals surface area contributed by atoms with Gasteiger partial charge in [0.15, 0.2) is 0 Å². The standard InChI is InChI=1S/C23H20FN3O3S2/c24-16-10-8-15(9-11-16)14-19-22(29)27(23(30)32-19)13-12-25-20(28)6-3-7-21-26-17-4-1-2-5-18(17)31-21/h1-2,4-5,8-11,14H,3,6-7,12-13H2,(H,25,28)/b19-14+. The monoisotopic (exact) mass is 469 g/mol. The number of benzene rings is 2. The molecule has 0 saturated carbocycles. The summed E-state index contributed by atoms with van der Waals surface area (Å²) in [6.45, 7) is 0.302. The van der Waals surface area contributed by atoms with Crippen molar-refractivity contribution in [3.05, 3.63) is 69.8 Å². The highest BCUT2D eigenvalue weighted by Crippen LogP contribution is 2.31. The molecule has 0 radical (unpaired) electrons. The number of thiazole rings is 1. The largest absolute Gasteiger partial charge is 0.354 e. The van der Waals surface area contributed by atoms with Crippen molar-refractivity contribution in [2.45, 2.75) is 19.3 Å². The number of nitrogens with one attached hydrogen (secondary N) is 1. The Morgan fingerprint density at radius 2 is 1.91 bits per heavy atom. The highest BCUT2D eigenvalue weighted by Gasteiger charge is 2.34. The molecule has 1 N–H and O–H groups in total. The molecule has 1 aliphatic rings. The number of halogens is 1. The van der Waals surface area contributed by atoms with Gasteiger partial charge in [0.2, 0.25) is 5.91 Å². The van der Waals surface area contributed by atoms with Gasteiger partial charge < -0.3 is 5.32 Å². The van der Waals surface area contributed by atoms with Gasteiger partial charge in [-0.15, -0.1) is 11.3 Å². The van der Waals surface area contributed by atoms with E-state index in [0.29, 0.717) is 18.4 Å². The third kappa shape index (κ3) is 5.41. The fraction of sp³-hybridized carbons (Fsp3) is 0.217. The normalized spacial score (nSPS) is 15.2. The lowest BCUT2D eigenvalue weighted by Crippen LogP contribution is -2.37. The molecule has 2 aromatic carbocycles. The number of thioether (sulfide) groups is 1. The lowest BCUT2D eigenvalue weighted by Gasteiger charge is -2.12. The second-order valence-electron chi connectivity index (χ2n) is 7.16. The topological polar surface area (TPSA) is 79.4 Å². The van der Waals surface area contributed by atoms with E-state index in [9.17, 15) is 18.8 Å². The molecular formula is C23H20FN3O3S2. The highest BCUT2D eigenvalue weighted by molar-refractivity contribution is 8.18. The Morgan fingerprint density at radius 3 is 2.69 bits per heavy atom. The van der Waals surface area contributed by atoms with Crippen LogP contribution in [0.15, 0.2) is 53.4 Å². The predicted molar refractivity (Wildman–Crippen MR) is 125 cm³/mol. The minimum Gasteiger partial charge on any atom is -0.354 e. The van der Waals surface area contributed by atoms with Gasteiger partial charge >= 0.3 is 0 Å². The lowest BCUT2D eigenvalue weighted by molar-refractivity contribution is -0.124. The zero-order valence-corrected chi connectivity index (χ0v) is 18.7. The van der Waals surface area contributed by atoms with Crippen molar-refractivity contribution in [2.75, 3.05) is 13.1 Å². The molecular weight excluding hydrogens is 449 g/mol. The molecule has 164 valence electrons. The number of carbonyl (C=O) groups excluding carboxylic acids is 3. The molecule has 0 spiro atoms. The van der Waals surface area contributed by atoms with Crippen molar-refractivity contribution in [3.8, 4) is 0 Å². The number of hydrogen-bond donors (Lipinski definition) is 1. The Kier molecular flexibility index (Phi) is 6.96. The molecule has 3 aromatic rings. The van der Waals surface area contributed by atoms with E-state index in [-0.39, 0.29) is 35.0 Å². The minimum atomic E-state index is -0.408. The molecule has 1 saturated heterocycles. The van der Waals surface area contributed by atoms with Gasteiger partial charge in [-0.1, -0.05) is 24.3 Å². The van der Waals surface area contributed by atoms with Crippen LogP contribution in [-0.2, 0) is 16.0 Å². The molecule has 2 heterocycles. The first kappa shape index (κ1) is 22.2. The Labute approximate surface area is 192 Å². The fourth-order valence-corrected chi connectivity index (χ4v) is 5.10. The fourth-order valence-electron chi connectivity index (χ4n) is 3.23. The molecule has 6 nitrogen and oxygen atoms in total. The zero-order chi connectivity index (χ0) is 22.5. The number of hydrogen-bond acceptors (Lipinski definition) is 6. The predicted octanol–water partition coefficient (Wildman–Crippen LogP) is 4.61. The zero-order valence-electron chi connectivity index (χ0n) is 17.0. The van der Waals surface area contributed by atoms with Crippen molar-refractivity contribution in [1.82, 2.24) is 15.2 Å². The average Bonchev–Trinajstić information content (AvgIpc) is 3.30. The summed E-state index contributed by atoms with van der Waals surface area (Å²) in [4.78, 5) is 42.7. The summed E-state index contributed by atoms with van der Waals surface area (Å²) in [5.74, 6) is -0.902. The molecule has 0 bridgehead atoms. The van der Waals surface area contributed by atoms with E-state index in [1.165, 1.54) is 24.3 Å². The molecule has 1 aromatic heterocycles. The van der Waals surface area contributed by atoms with Gasteiger partial charge in [-0.2, -0.15) is 0 Å². The van der Waals surface area contributed by atoms with Gasteiger partial charge in [-0.3, -0.25) is 19.3 Å². The molecule has 4 rings (SSSR count). The number of rotatable bonds is 8. The van der Waals surface area contributed by atoms with Gasteiger partial charge in [0.1, 0.15) is 5.82 Å². The Morgan fingerprint density at radius 1 is 1.12 bits per heavy atom. The van der Waals surface area contributed by atoms with E-state index in [2.05, 4.69) is 10.3 Å². The third-order valence-electron chi connectivity index (χ3n) is 4.83. The van der Waals surface area contributed by atoms with Gasteiger partial charge in [0.25, 0.3) is 11.1 Å². The van der Waals surface area contributed by atoms with E-state index in [1.807, 2.05) is 24.3 Å². The van der Waals surface area contributed by atoms with Crippen molar-refractivity contribution in [1.29, 1.82) is 0 Å². The number of amides is 3. The Balaban J connectivity index is 1.21. The summed E-state index contributed by atoms with van der Waals surface area (Å²) < 4.78 is 14.2. The number of nitrogens with zero attached hydrogens (tertiary/aromatic N) is 2. The summed E-state index contributed by atoms with van der Waals surface area (Å²) in [5, 5.41) is 3.39. The van der Waals surface area contributed by atoms with Crippen LogP contribution >= 0.6 is 23.1 Å². The molecule has 1 fully saturated rings. The molecule has 1 aliphatic heterocycles. The smallest absolute Gasteiger partial charge is 0.293 e. The first-order valence-electron chi connectivity index (χ1n) is 10.1. The van der Waals surface area contributed by atoms with E-state index >= 15 is 0 Å². The first-order chi connectivity index (χ1) is 15.5. The second kappa shape index (κ2) is 10.1. The molecule has 0 unspecified atom stereocenters. The van der Waals surface area contributed by atoms with Crippen molar-refractivity contribution in [2.24, 2.45) is 0 Å². The number of carbonyl (C=O) groups is 3. The maximum absolute atomic E-state index is 13.0. The van der Waals surface area contributed by atoms with Crippen LogP contribution in [0.25, 0.3) is 16.3 Å². The Bertz CT molecular complexity index is 1160. The number of imide groups is 1. The maximum Gasteiger partial charge on any atom is 0.293 e. The van der Waals surface area contributed by atoms with Crippen LogP contribution in [0.1, 0.15) is 23.4 Å². The van der Waals surface area contributed by atoms with Gasteiger partial charge in [0, 0.05) is 19.5 Å². The molecule has 3 amide bonds. The van der Waals surface area contributed by atoms with Crippen molar-refractivity contribution >= 4 is 56.4 Å². The summed E-state index contributed by atoms with van der Waals surface area (Å²) in [5.41, 5.74) is 1.61. The molecule has 0 atom stereocenters. The quantitative estimate of drug-likeness (QED) is 0.488. The highest BCUT2D eigenvalue weighted by atomic mass is 32.2. The average molecular weight is 470 g/mol. The van der Waals surface area contributed by atoms with E-state index in [0.717, 1.165) is 38.3 Å². The van der Waals surface area contributed by atoms with Crippen LogP contribution in [-0.4, -0.2) is 40.0 Å². The minimum absolute atomic E-state index is 0.106. The van der Waals surface area contributed by atoms with Crippen molar-refractivity contribution < 1.29 is 18.8 Å². The van der Waals surface area contributed by atoms with Crippen molar-refractivity contribution in [3.63, 3.8) is 0 Å². The summed E-state index contributed by atoms with van der Waals surface area (Å²) in [6.07, 6.45) is 3.31. The molecule has 0 aliphatic carbocycles. The molecule has 32 heavy (non-hydrogen) atoms. The summed E-state index contributed by atoms with van der Waals surface area (Å²) >= 11 is 2.47.